The molecule has 0 aromatic heterocycles. The fourth-order valence-corrected chi connectivity index (χ4v) is 1.57. The SMILES string of the molecule is CCNCCCN(C)[N+](C)CCCN(C)C. The van der Waals surface area contributed by atoms with Gasteiger partial charge in [-0.25, -0.2) is 0 Å². The Morgan fingerprint density at radius 2 is 1.75 bits per heavy atom. The van der Waals surface area contributed by atoms with Gasteiger partial charge in [-0.15, -0.1) is 5.01 Å². The van der Waals surface area contributed by atoms with Crippen molar-refractivity contribution in [2.24, 2.45) is 0 Å². The van der Waals surface area contributed by atoms with E-state index in [0.717, 1.165) is 32.7 Å². The van der Waals surface area contributed by atoms with Crippen molar-refractivity contribution >= 4 is 0 Å². The van der Waals surface area contributed by atoms with Crippen molar-refractivity contribution in [2.45, 2.75) is 19.8 Å². The number of nitrogens with zero attached hydrogens (tertiary/aromatic N) is 3. The van der Waals surface area contributed by atoms with Crippen LogP contribution in [0.5, 0.6) is 0 Å². The zero-order valence-electron chi connectivity index (χ0n) is 11.8. The third kappa shape index (κ3) is 9.09. The van der Waals surface area contributed by atoms with Crippen molar-refractivity contribution in [3.63, 3.8) is 0 Å². The Bertz CT molecular complexity index is 150. The molecule has 0 aliphatic rings. The van der Waals surface area contributed by atoms with Crippen LogP contribution in [-0.2, 0) is 0 Å². The van der Waals surface area contributed by atoms with Gasteiger partial charge in [0, 0.05) is 20.0 Å². The van der Waals surface area contributed by atoms with Crippen LogP contribution in [0.3, 0.4) is 0 Å². The van der Waals surface area contributed by atoms with E-state index in [1.807, 2.05) is 0 Å². The van der Waals surface area contributed by atoms with Crippen molar-refractivity contribution < 1.29 is 0 Å². The van der Waals surface area contributed by atoms with Crippen LogP contribution in [0, 0.1) is 0 Å². The molecular formula is C12H30N4+. The first-order valence-corrected chi connectivity index (χ1v) is 6.35. The summed E-state index contributed by atoms with van der Waals surface area (Å²) < 4.78 is 0. The fraction of sp³-hybridized carbons (Fsp3) is 1.00. The van der Waals surface area contributed by atoms with E-state index in [4.69, 9.17) is 0 Å². The first-order chi connectivity index (χ1) is 7.57. The minimum absolute atomic E-state index is 1.07. The van der Waals surface area contributed by atoms with Crippen molar-refractivity contribution in [3.8, 4) is 0 Å². The maximum atomic E-state index is 3.35. The van der Waals surface area contributed by atoms with Gasteiger partial charge in [0.05, 0.1) is 6.54 Å². The van der Waals surface area contributed by atoms with Gasteiger partial charge in [0.2, 0.25) is 0 Å². The lowest BCUT2D eigenvalue weighted by atomic mass is 10.4. The molecule has 0 aromatic carbocycles. The average Bonchev–Trinajstić information content (AvgIpc) is 2.23. The van der Waals surface area contributed by atoms with Gasteiger partial charge in [-0.3, -0.25) is 0 Å². The fourth-order valence-electron chi connectivity index (χ4n) is 1.57. The second kappa shape index (κ2) is 10.0. The quantitative estimate of drug-likeness (QED) is 0.337. The molecule has 0 saturated carbocycles. The third-order valence-corrected chi connectivity index (χ3v) is 2.76. The Morgan fingerprint density at radius 3 is 2.31 bits per heavy atom. The van der Waals surface area contributed by atoms with Crippen LogP contribution < -0.4 is 10.3 Å². The van der Waals surface area contributed by atoms with Crippen molar-refractivity contribution in [1.82, 2.24) is 20.2 Å². The van der Waals surface area contributed by atoms with Gasteiger partial charge >= 0.3 is 0 Å². The van der Waals surface area contributed by atoms with Crippen LogP contribution in [-0.4, -0.2) is 70.8 Å². The largest absolute Gasteiger partial charge is 0.317 e. The van der Waals surface area contributed by atoms with E-state index in [1.165, 1.54) is 12.8 Å². The number of nitrogens with one attached hydrogen (secondary N) is 1. The average molecular weight is 230 g/mol. The Hall–Kier alpha value is -0.160. The van der Waals surface area contributed by atoms with E-state index < -0.39 is 0 Å². The van der Waals surface area contributed by atoms with Crippen LogP contribution >= 0.6 is 0 Å². The van der Waals surface area contributed by atoms with Crippen molar-refractivity contribution in [1.29, 1.82) is 0 Å². The molecule has 0 aliphatic carbocycles. The molecule has 0 amide bonds. The standard InChI is InChI=1S/C12H30N4/c1-6-13-9-7-11-15(4)16(5)12-8-10-14(2)3/h13H,6-12H2,1-5H3/q+1. The van der Waals surface area contributed by atoms with E-state index >= 15 is 0 Å². The lowest BCUT2D eigenvalue weighted by Crippen LogP contribution is -2.44. The molecule has 4 heteroatoms. The van der Waals surface area contributed by atoms with Crippen LogP contribution in [0.1, 0.15) is 19.8 Å². The molecule has 0 unspecified atom stereocenters. The molecule has 0 aliphatic heterocycles. The second-order valence-electron chi connectivity index (χ2n) is 4.63. The molecule has 0 bridgehead atoms. The third-order valence-electron chi connectivity index (χ3n) is 2.76. The molecule has 1 radical (unpaired) electrons. The van der Waals surface area contributed by atoms with Gasteiger partial charge in [-0.1, -0.05) is 11.9 Å². The van der Waals surface area contributed by atoms with E-state index in [2.05, 4.69) is 55.3 Å². The lowest BCUT2D eigenvalue weighted by Gasteiger charge is -2.18. The minimum atomic E-state index is 1.07. The molecule has 4 nitrogen and oxygen atoms in total. The number of rotatable bonds is 10. The number of hydrogen-bond donors (Lipinski definition) is 1. The second-order valence-corrected chi connectivity index (χ2v) is 4.63. The summed E-state index contributed by atoms with van der Waals surface area (Å²) in [4.78, 5) is 2.24. The first-order valence-electron chi connectivity index (χ1n) is 6.35. The summed E-state index contributed by atoms with van der Waals surface area (Å²) in [7, 11) is 8.59. The smallest absolute Gasteiger partial charge is 0.145 e. The highest BCUT2D eigenvalue weighted by Gasteiger charge is 2.14. The summed E-state index contributed by atoms with van der Waals surface area (Å²) in [5.74, 6) is 0. The summed E-state index contributed by atoms with van der Waals surface area (Å²) >= 11 is 0. The predicted molar refractivity (Wildman–Crippen MR) is 71.9 cm³/mol. The van der Waals surface area contributed by atoms with E-state index in [9.17, 15) is 0 Å². The van der Waals surface area contributed by atoms with Crippen LogP contribution in [0.25, 0.3) is 0 Å². The Morgan fingerprint density at radius 1 is 1.06 bits per heavy atom. The van der Waals surface area contributed by atoms with Gasteiger partial charge < -0.3 is 10.2 Å². The zero-order chi connectivity index (χ0) is 12.4. The zero-order valence-corrected chi connectivity index (χ0v) is 11.8. The van der Waals surface area contributed by atoms with Crippen molar-refractivity contribution in [3.05, 3.63) is 0 Å². The van der Waals surface area contributed by atoms with Crippen LogP contribution in [0.4, 0.5) is 0 Å². The Balaban J connectivity index is 3.45. The highest BCUT2D eigenvalue weighted by atomic mass is 15.6. The van der Waals surface area contributed by atoms with Crippen LogP contribution in [0.15, 0.2) is 0 Å². The topological polar surface area (TPSA) is 24.4 Å². The number of hydrazine groups is 1. The summed E-state index contributed by atoms with van der Waals surface area (Å²) in [6.45, 7) is 7.77. The summed E-state index contributed by atoms with van der Waals surface area (Å²) in [6, 6.07) is 0. The monoisotopic (exact) mass is 230 g/mol. The maximum Gasteiger partial charge on any atom is 0.145 e. The molecule has 0 saturated heterocycles. The van der Waals surface area contributed by atoms with E-state index in [-0.39, 0.29) is 0 Å². The molecule has 0 atom stereocenters. The summed E-state index contributed by atoms with van der Waals surface area (Å²) in [5, 5.41) is 7.98. The molecular weight excluding hydrogens is 200 g/mol. The van der Waals surface area contributed by atoms with Gasteiger partial charge in [-0.2, -0.15) is 0 Å². The van der Waals surface area contributed by atoms with Gasteiger partial charge in [0.15, 0.2) is 0 Å². The minimum Gasteiger partial charge on any atom is -0.317 e. The highest BCUT2D eigenvalue weighted by molar-refractivity contribution is 4.57. The predicted octanol–water partition coefficient (Wildman–Crippen LogP) is 0.554. The molecule has 16 heavy (non-hydrogen) atoms. The molecule has 0 heterocycles. The molecule has 0 rings (SSSR count). The summed E-state index contributed by atoms with van der Waals surface area (Å²) in [6.07, 6.45) is 2.43. The summed E-state index contributed by atoms with van der Waals surface area (Å²) in [5.41, 5.74) is 0. The molecule has 0 aromatic rings. The molecule has 0 spiro atoms. The Labute approximate surface area is 102 Å². The maximum absolute atomic E-state index is 3.35. The highest BCUT2D eigenvalue weighted by Crippen LogP contribution is 1.92. The van der Waals surface area contributed by atoms with Gasteiger partial charge in [-0.05, 0) is 33.6 Å². The lowest BCUT2D eigenvalue weighted by molar-refractivity contribution is 0.119. The first kappa shape index (κ1) is 15.8. The van der Waals surface area contributed by atoms with Crippen molar-refractivity contribution in [2.75, 3.05) is 60.9 Å². The number of hydrogen-bond acceptors (Lipinski definition) is 4. The molecule has 0 fully saturated rings. The normalized spacial score (nSPS) is 12.0. The Kier molecular flexibility index (Phi) is 9.92. The van der Waals surface area contributed by atoms with Gasteiger partial charge in [0.1, 0.15) is 13.6 Å². The van der Waals surface area contributed by atoms with Gasteiger partial charge in [0.25, 0.3) is 0 Å². The van der Waals surface area contributed by atoms with E-state index in [1.54, 1.807) is 0 Å². The molecule has 1 N–H and O–H groups in total. The van der Waals surface area contributed by atoms with Crippen LogP contribution in [0.2, 0.25) is 0 Å². The molecule has 97 valence electrons. The van der Waals surface area contributed by atoms with E-state index in [0.29, 0.717) is 0 Å².